The maximum atomic E-state index is 12.4. The molecule has 3 rings (SSSR count). The van der Waals surface area contributed by atoms with E-state index in [0.29, 0.717) is 13.1 Å². The molecule has 3 heteroatoms. The quantitative estimate of drug-likeness (QED) is 0.794. The Bertz CT molecular complexity index is 692. The topological polar surface area (TPSA) is 29.5 Å². The van der Waals surface area contributed by atoms with E-state index < -0.39 is 0 Å². The first-order chi connectivity index (χ1) is 10.6. The van der Waals surface area contributed by atoms with Crippen LogP contribution < -0.4 is 0 Å². The molecule has 0 saturated carbocycles. The van der Waals surface area contributed by atoms with E-state index in [1.807, 2.05) is 49.1 Å². The van der Waals surface area contributed by atoms with Crippen molar-refractivity contribution < 1.29 is 9.53 Å². The Morgan fingerprint density at radius 2 is 1.77 bits per heavy atom. The van der Waals surface area contributed by atoms with Gasteiger partial charge in [-0.1, -0.05) is 42.5 Å². The summed E-state index contributed by atoms with van der Waals surface area (Å²) in [5, 5.41) is 2.35. The van der Waals surface area contributed by atoms with Crippen LogP contribution in [0, 0.1) is 0 Å². The highest BCUT2D eigenvalue weighted by Crippen LogP contribution is 2.20. The van der Waals surface area contributed by atoms with Gasteiger partial charge in [-0.05, 0) is 36.3 Å². The third-order valence-corrected chi connectivity index (χ3v) is 3.96. The molecule has 1 heterocycles. The maximum Gasteiger partial charge on any atom is 0.246 e. The molecule has 1 amide bonds. The number of carbonyl (C=O) groups is 1. The van der Waals surface area contributed by atoms with E-state index in [1.54, 1.807) is 6.08 Å². The van der Waals surface area contributed by atoms with Gasteiger partial charge in [-0.15, -0.1) is 0 Å². The fourth-order valence-electron chi connectivity index (χ4n) is 3.02. The minimum atomic E-state index is 0.0509. The monoisotopic (exact) mass is 295 g/mol. The second-order valence-corrected chi connectivity index (χ2v) is 5.90. The second-order valence-electron chi connectivity index (χ2n) is 5.90. The van der Waals surface area contributed by atoms with Gasteiger partial charge in [0.25, 0.3) is 0 Å². The standard InChI is InChI=1S/C19H21NO2/c1-14-12-20(13-15(2)22-14)19(21)11-10-17-8-5-7-16-6-3-4-9-18(16)17/h3-11,14-15H,12-13H2,1-2H3/b11-10+. The SMILES string of the molecule is CC1CN(C(=O)/C=C/c2cccc3ccccc23)CC(C)O1. The van der Waals surface area contributed by atoms with Gasteiger partial charge in [-0.2, -0.15) is 0 Å². The molecule has 3 nitrogen and oxygen atoms in total. The first-order valence-electron chi connectivity index (χ1n) is 7.73. The summed E-state index contributed by atoms with van der Waals surface area (Å²) < 4.78 is 5.67. The molecule has 0 radical (unpaired) electrons. The molecule has 0 bridgehead atoms. The number of benzene rings is 2. The normalized spacial score (nSPS) is 22.4. The zero-order valence-corrected chi connectivity index (χ0v) is 13.0. The second kappa shape index (κ2) is 6.32. The Labute approximate surface area is 131 Å². The van der Waals surface area contributed by atoms with Crippen molar-refractivity contribution in [3.05, 3.63) is 54.1 Å². The first-order valence-corrected chi connectivity index (χ1v) is 7.73. The van der Waals surface area contributed by atoms with E-state index in [9.17, 15) is 4.79 Å². The molecule has 2 unspecified atom stereocenters. The van der Waals surface area contributed by atoms with Gasteiger partial charge in [0.15, 0.2) is 0 Å². The highest BCUT2D eigenvalue weighted by atomic mass is 16.5. The summed E-state index contributed by atoms with van der Waals surface area (Å²) in [4.78, 5) is 14.2. The van der Waals surface area contributed by atoms with Gasteiger partial charge in [0.1, 0.15) is 0 Å². The van der Waals surface area contributed by atoms with Crippen LogP contribution in [-0.2, 0) is 9.53 Å². The molecule has 2 aromatic rings. The molecule has 1 saturated heterocycles. The summed E-state index contributed by atoms with van der Waals surface area (Å²) in [5.74, 6) is 0.0509. The summed E-state index contributed by atoms with van der Waals surface area (Å²) in [5.41, 5.74) is 1.07. The third kappa shape index (κ3) is 3.20. The van der Waals surface area contributed by atoms with E-state index in [1.165, 1.54) is 5.39 Å². The van der Waals surface area contributed by atoms with Gasteiger partial charge >= 0.3 is 0 Å². The predicted octanol–water partition coefficient (Wildman–Crippen LogP) is 3.49. The number of rotatable bonds is 2. The minimum absolute atomic E-state index is 0.0509. The number of hydrogen-bond donors (Lipinski definition) is 0. The fourth-order valence-corrected chi connectivity index (χ4v) is 3.02. The Hall–Kier alpha value is -2.13. The maximum absolute atomic E-state index is 12.4. The van der Waals surface area contributed by atoms with Gasteiger partial charge in [0.05, 0.1) is 12.2 Å². The van der Waals surface area contributed by atoms with E-state index >= 15 is 0 Å². The smallest absolute Gasteiger partial charge is 0.246 e. The number of amides is 1. The van der Waals surface area contributed by atoms with Gasteiger partial charge in [-0.3, -0.25) is 4.79 Å². The van der Waals surface area contributed by atoms with Gasteiger partial charge in [0.2, 0.25) is 5.91 Å². The Balaban J connectivity index is 1.79. The molecule has 1 fully saturated rings. The lowest BCUT2D eigenvalue weighted by atomic mass is 10.0. The van der Waals surface area contributed by atoms with E-state index in [2.05, 4.69) is 18.2 Å². The minimum Gasteiger partial charge on any atom is -0.372 e. The number of ether oxygens (including phenoxy) is 1. The number of fused-ring (bicyclic) bond motifs is 1. The summed E-state index contributed by atoms with van der Waals surface area (Å²) in [6.07, 6.45) is 3.78. The van der Waals surface area contributed by atoms with Crippen LogP contribution in [0.15, 0.2) is 48.5 Å². The van der Waals surface area contributed by atoms with Crippen molar-refractivity contribution in [2.24, 2.45) is 0 Å². The largest absolute Gasteiger partial charge is 0.372 e. The lowest BCUT2D eigenvalue weighted by molar-refractivity contribution is -0.137. The lowest BCUT2D eigenvalue weighted by Gasteiger charge is -2.34. The average Bonchev–Trinajstić information content (AvgIpc) is 2.51. The van der Waals surface area contributed by atoms with Crippen LogP contribution in [0.3, 0.4) is 0 Å². The Morgan fingerprint density at radius 1 is 1.09 bits per heavy atom. The summed E-state index contributed by atoms with van der Waals surface area (Å²) in [6.45, 7) is 5.32. The fraction of sp³-hybridized carbons (Fsp3) is 0.316. The molecular formula is C19H21NO2. The Morgan fingerprint density at radius 3 is 2.55 bits per heavy atom. The predicted molar refractivity (Wildman–Crippen MR) is 89.6 cm³/mol. The summed E-state index contributed by atoms with van der Waals surface area (Å²) >= 11 is 0. The van der Waals surface area contributed by atoms with Crippen LogP contribution in [0.1, 0.15) is 19.4 Å². The van der Waals surface area contributed by atoms with Gasteiger partial charge < -0.3 is 9.64 Å². The van der Waals surface area contributed by atoms with E-state index in [-0.39, 0.29) is 18.1 Å². The number of nitrogens with zero attached hydrogens (tertiary/aromatic N) is 1. The molecule has 1 aliphatic rings. The van der Waals surface area contributed by atoms with E-state index in [4.69, 9.17) is 4.74 Å². The highest BCUT2D eigenvalue weighted by Gasteiger charge is 2.24. The lowest BCUT2D eigenvalue weighted by Crippen LogP contribution is -2.47. The molecule has 0 N–H and O–H groups in total. The van der Waals surface area contributed by atoms with Crippen molar-refractivity contribution >= 4 is 22.8 Å². The Kier molecular flexibility index (Phi) is 4.25. The van der Waals surface area contributed by atoms with Crippen LogP contribution in [-0.4, -0.2) is 36.1 Å². The van der Waals surface area contributed by atoms with Gasteiger partial charge in [0, 0.05) is 19.2 Å². The van der Waals surface area contributed by atoms with Crippen molar-refractivity contribution in [1.82, 2.24) is 4.90 Å². The summed E-state index contributed by atoms with van der Waals surface area (Å²) in [7, 11) is 0. The molecule has 1 aliphatic heterocycles. The molecule has 0 aromatic heterocycles. The first kappa shape index (κ1) is 14.8. The van der Waals surface area contributed by atoms with Crippen LogP contribution in [0.5, 0.6) is 0 Å². The van der Waals surface area contributed by atoms with Crippen LogP contribution in [0.2, 0.25) is 0 Å². The van der Waals surface area contributed by atoms with E-state index in [0.717, 1.165) is 10.9 Å². The van der Waals surface area contributed by atoms with Crippen molar-refractivity contribution in [3.8, 4) is 0 Å². The molecular weight excluding hydrogens is 274 g/mol. The zero-order chi connectivity index (χ0) is 15.5. The zero-order valence-electron chi connectivity index (χ0n) is 13.0. The van der Waals surface area contributed by atoms with Gasteiger partial charge in [-0.25, -0.2) is 0 Å². The number of hydrogen-bond acceptors (Lipinski definition) is 2. The number of morpholine rings is 1. The highest BCUT2D eigenvalue weighted by molar-refractivity contribution is 5.96. The third-order valence-electron chi connectivity index (χ3n) is 3.96. The summed E-state index contributed by atoms with van der Waals surface area (Å²) in [6, 6.07) is 14.4. The average molecular weight is 295 g/mol. The van der Waals surface area contributed by atoms with Crippen molar-refractivity contribution in [2.75, 3.05) is 13.1 Å². The van der Waals surface area contributed by atoms with Crippen LogP contribution in [0.4, 0.5) is 0 Å². The molecule has 22 heavy (non-hydrogen) atoms. The van der Waals surface area contributed by atoms with Crippen LogP contribution in [0.25, 0.3) is 16.8 Å². The van der Waals surface area contributed by atoms with Crippen molar-refractivity contribution in [2.45, 2.75) is 26.1 Å². The van der Waals surface area contributed by atoms with Crippen molar-refractivity contribution in [3.63, 3.8) is 0 Å². The molecule has 114 valence electrons. The van der Waals surface area contributed by atoms with Crippen LogP contribution >= 0.6 is 0 Å². The van der Waals surface area contributed by atoms with Crippen molar-refractivity contribution in [1.29, 1.82) is 0 Å². The molecule has 2 atom stereocenters. The number of carbonyl (C=O) groups excluding carboxylic acids is 1. The molecule has 0 spiro atoms. The molecule has 2 aromatic carbocycles. The molecule has 0 aliphatic carbocycles.